The zero-order valence-electron chi connectivity index (χ0n) is 17.4. The van der Waals surface area contributed by atoms with Gasteiger partial charge in [0.05, 0.1) is 0 Å². The molecule has 5 nitrogen and oxygen atoms in total. The number of halogens is 1. The van der Waals surface area contributed by atoms with Gasteiger partial charge in [-0.05, 0) is 56.0 Å². The molecule has 0 saturated heterocycles. The van der Waals surface area contributed by atoms with Gasteiger partial charge in [-0.1, -0.05) is 54.8 Å². The van der Waals surface area contributed by atoms with Gasteiger partial charge in [0.2, 0.25) is 5.91 Å². The number of hydrogen-bond acceptors (Lipinski definition) is 3. The molecule has 0 radical (unpaired) electrons. The molecule has 0 bridgehead atoms. The van der Waals surface area contributed by atoms with Crippen molar-refractivity contribution < 1.29 is 14.3 Å². The summed E-state index contributed by atoms with van der Waals surface area (Å²) in [5.74, 6) is 0.253. The molecule has 1 aliphatic carbocycles. The summed E-state index contributed by atoms with van der Waals surface area (Å²) in [6.45, 7) is 2.11. The molecule has 6 heteroatoms. The van der Waals surface area contributed by atoms with E-state index >= 15 is 0 Å². The molecule has 2 amide bonds. The lowest BCUT2D eigenvalue weighted by atomic mass is 10.1. The molecule has 3 rings (SSSR count). The van der Waals surface area contributed by atoms with E-state index in [-0.39, 0.29) is 24.5 Å². The Labute approximate surface area is 183 Å². The molecule has 160 valence electrons. The van der Waals surface area contributed by atoms with Crippen LogP contribution in [0.25, 0.3) is 0 Å². The van der Waals surface area contributed by atoms with Crippen molar-refractivity contribution in [1.29, 1.82) is 0 Å². The summed E-state index contributed by atoms with van der Waals surface area (Å²) in [6.07, 6.45) is 4.98. The Kier molecular flexibility index (Phi) is 8.14. The fourth-order valence-corrected chi connectivity index (χ4v) is 3.85. The van der Waals surface area contributed by atoms with Crippen LogP contribution >= 0.6 is 11.6 Å². The summed E-state index contributed by atoms with van der Waals surface area (Å²) < 4.78 is 5.64. The van der Waals surface area contributed by atoms with E-state index < -0.39 is 6.04 Å². The minimum atomic E-state index is -0.560. The van der Waals surface area contributed by atoms with Crippen molar-refractivity contribution >= 4 is 23.4 Å². The van der Waals surface area contributed by atoms with E-state index in [0.717, 1.165) is 31.2 Å². The monoisotopic (exact) mass is 428 g/mol. The third-order valence-corrected chi connectivity index (χ3v) is 5.78. The molecule has 0 unspecified atom stereocenters. The van der Waals surface area contributed by atoms with Gasteiger partial charge in [-0.3, -0.25) is 9.59 Å². The molecule has 1 fully saturated rings. The second kappa shape index (κ2) is 11.0. The highest BCUT2D eigenvalue weighted by molar-refractivity contribution is 6.30. The topological polar surface area (TPSA) is 58.6 Å². The molecule has 1 atom stereocenters. The van der Waals surface area contributed by atoms with E-state index in [2.05, 4.69) is 5.32 Å². The van der Waals surface area contributed by atoms with E-state index in [1.54, 1.807) is 36.1 Å². The summed E-state index contributed by atoms with van der Waals surface area (Å²) in [6, 6.07) is 16.5. The molecule has 1 aliphatic rings. The lowest BCUT2D eigenvalue weighted by Gasteiger charge is -2.29. The largest absolute Gasteiger partial charge is 0.484 e. The number of nitrogens with zero attached hydrogens (tertiary/aromatic N) is 1. The van der Waals surface area contributed by atoms with Gasteiger partial charge in [-0.15, -0.1) is 0 Å². The maximum absolute atomic E-state index is 13.0. The molecule has 1 N–H and O–H groups in total. The lowest BCUT2D eigenvalue weighted by Crippen LogP contribution is -2.51. The van der Waals surface area contributed by atoms with Crippen molar-refractivity contribution in [3.8, 4) is 5.75 Å². The van der Waals surface area contributed by atoms with Crippen LogP contribution in [0, 0.1) is 0 Å². The Balaban J connectivity index is 1.64. The van der Waals surface area contributed by atoms with E-state index in [1.165, 1.54) is 0 Å². The van der Waals surface area contributed by atoms with Crippen LogP contribution in [0.2, 0.25) is 5.02 Å². The van der Waals surface area contributed by atoms with Crippen molar-refractivity contribution in [2.75, 3.05) is 13.2 Å². The van der Waals surface area contributed by atoms with Crippen LogP contribution in [0.1, 0.15) is 38.2 Å². The maximum Gasteiger partial charge on any atom is 0.261 e. The van der Waals surface area contributed by atoms with Gasteiger partial charge in [0, 0.05) is 17.6 Å². The lowest BCUT2D eigenvalue weighted by molar-refractivity contribution is -0.141. The first kappa shape index (κ1) is 22.2. The van der Waals surface area contributed by atoms with Crippen LogP contribution in [-0.4, -0.2) is 41.9 Å². The number of hydrogen-bond donors (Lipinski definition) is 1. The summed E-state index contributed by atoms with van der Waals surface area (Å²) in [7, 11) is 0. The fraction of sp³-hybridized carbons (Fsp3) is 0.417. The first-order valence-electron chi connectivity index (χ1n) is 10.5. The van der Waals surface area contributed by atoms with Crippen LogP contribution in [0.4, 0.5) is 0 Å². The zero-order valence-corrected chi connectivity index (χ0v) is 18.1. The molecule has 2 aromatic rings. The van der Waals surface area contributed by atoms with E-state index in [9.17, 15) is 9.59 Å². The van der Waals surface area contributed by atoms with Gasteiger partial charge in [-0.25, -0.2) is 0 Å². The number of amides is 2. The Morgan fingerprint density at radius 1 is 1.10 bits per heavy atom. The molecule has 1 saturated carbocycles. The van der Waals surface area contributed by atoms with Crippen LogP contribution in [0.5, 0.6) is 5.75 Å². The van der Waals surface area contributed by atoms with Crippen molar-refractivity contribution in [2.24, 2.45) is 0 Å². The minimum Gasteiger partial charge on any atom is -0.484 e. The molecule has 2 aromatic carbocycles. The minimum absolute atomic E-state index is 0.102. The SMILES string of the molecule is C[C@@H](C(=O)NC1CCCC1)N(CCc1ccccc1)C(=O)COc1ccc(Cl)cc1. The Hall–Kier alpha value is -2.53. The molecule has 0 spiro atoms. The van der Waals surface area contributed by atoms with Crippen LogP contribution < -0.4 is 10.1 Å². The molecule has 0 aliphatic heterocycles. The highest BCUT2D eigenvalue weighted by Crippen LogP contribution is 2.19. The standard InChI is InChI=1S/C24H29ClN2O3/c1-18(24(29)26-21-9-5-6-10-21)27(16-15-19-7-3-2-4-8-19)23(28)17-30-22-13-11-20(25)12-14-22/h2-4,7-8,11-14,18,21H,5-6,9-10,15-17H2,1H3,(H,26,29)/t18-/m0/s1. The van der Waals surface area contributed by atoms with Crippen molar-refractivity contribution in [3.05, 3.63) is 65.2 Å². The summed E-state index contributed by atoms with van der Waals surface area (Å²) >= 11 is 5.90. The summed E-state index contributed by atoms with van der Waals surface area (Å²) in [4.78, 5) is 27.4. The highest BCUT2D eigenvalue weighted by Gasteiger charge is 2.28. The maximum atomic E-state index is 13.0. The number of ether oxygens (including phenoxy) is 1. The Morgan fingerprint density at radius 2 is 1.77 bits per heavy atom. The van der Waals surface area contributed by atoms with Gasteiger partial charge in [0.15, 0.2) is 6.61 Å². The number of benzene rings is 2. The molecule has 30 heavy (non-hydrogen) atoms. The zero-order chi connectivity index (χ0) is 21.3. The van der Waals surface area contributed by atoms with E-state index in [1.807, 2.05) is 30.3 Å². The van der Waals surface area contributed by atoms with Crippen molar-refractivity contribution in [2.45, 2.75) is 51.1 Å². The second-order valence-corrected chi connectivity index (χ2v) is 8.17. The average molecular weight is 429 g/mol. The van der Waals surface area contributed by atoms with Crippen LogP contribution in [0.3, 0.4) is 0 Å². The number of carbonyl (C=O) groups excluding carboxylic acids is 2. The van der Waals surface area contributed by atoms with Gasteiger partial charge in [0.1, 0.15) is 11.8 Å². The molecule has 0 aromatic heterocycles. The van der Waals surface area contributed by atoms with Gasteiger partial charge >= 0.3 is 0 Å². The highest BCUT2D eigenvalue weighted by atomic mass is 35.5. The Morgan fingerprint density at radius 3 is 2.43 bits per heavy atom. The average Bonchev–Trinajstić information content (AvgIpc) is 3.27. The van der Waals surface area contributed by atoms with E-state index in [0.29, 0.717) is 23.7 Å². The normalized spacial score (nSPS) is 14.9. The number of carbonyl (C=O) groups is 2. The van der Waals surface area contributed by atoms with E-state index in [4.69, 9.17) is 16.3 Å². The predicted molar refractivity (Wildman–Crippen MR) is 119 cm³/mol. The number of nitrogens with one attached hydrogen (secondary N) is 1. The third-order valence-electron chi connectivity index (χ3n) is 5.53. The third kappa shape index (κ3) is 6.49. The van der Waals surface area contributed by atoms with Gasteiger partial charge in [0.25, 0.3) is 5.91 Å². The first-order valence-corrected chi connectivity index (χ1v) is 10.9. The summed E-state index contributed by atoms with van der Waals surface area (Å²) in [5, 5.41) is 3.71. The fourth-order valence-electron chi connectivity index (χ4n) is 3.72. The van der Waals surface area contributed by atoms with Crippen LogP contribution in [0.15, 0.2) is 54.6 Å². The summed E-state index contributed by atoms with van der Waals surface area (Å²) in [5.41, 5.74) is 1.12. The van der Waals surface area contributed by atoms with Gasteiger partial charge in [-0.2, -0.15) is 0 Å². The molecular weight excluding hydrogens is 400 g/mol. The predicted octanol–water partition coefficient (Wildman–Crippen LogP) is 4.24. The molecular formula is C24H29ClN2O3. The second-order valence-electron chi connectivity index (χ2n) is 7.73. The van der Waals surface area contributed by atoms with Crippen molar-refractivity contribution in [3.63, 3.8) is 0 Å². The Bertz CT molecular complexity index is 820. The first-order chi connectivity index (χ1) is 14.5. The smallest absolute Gasteiger partial charge is 0.261 e. The number of rotatable bonds is 9. The van der Waals surface area contributed by atoms with Gasteiger partial charge < -0.3 is 15.0 Å². The quantitative estimate of drug-likeness (QED) is 0.650. The molecule has 0 heterocycles. The van der Waals surface area contributed by atoms with Crippen molar-refractivity contribution in [1.82, 2.24) is 10.2 Å². The van der Waals surface area contributed by atoms with Crippen LogP contribution in [-0.2, 0) is 16.0 Å².